The smallest absolute Gasteiger partial charge is 0.147 e. The van der Waals surface area contributed by atoms with Crippen molar-refractivity contribution in [2.24, 2.45) is 5.92 Å². The maximum absolute atomic E-state index is 9.05. The van der Waals surface area contributed by atoms with E-state index in [0.717, 1.165) is 63.9 Å². The molecule has 118 valence electrons. The highest BCUT2D eigenvalue weighted by Crippen LogP contribution is 2.30. The molecule has 1 unspecified atom stereocenters. The van der Waals surface area contributed by atoms with Crippen LogP contribution >= 0.6 is 11.6 Å². The summed E-state index contributed by atoms with van der Waals surface area (Å²) in [6.45, 7) is 8.70. The molecule has 3 rings (SSSR count). The number of nitriles is 1. The Balaban J connectivity index is 1.65. The van der Waals surface area contributed by atoms with Gasteiger partial charge >= 0.3 is 0 Å². The van der Waals surface area contributed by atoms with Crippen LogP contribution in [0.15, 0.2) is 6.07 Å². The Morgan fingerprint density at radius 3 is 2.91 bits per heavy atom. The Labute approximate surface area is 136 Å². The summed E-state index contributed by atoms with van der Waals surface area (Å²) in [4.78, 5) is 9.28. The number of aromatic nitrogens is 1. The maximum Gasteiger partial charge on any atom is 0.147 e. The van der Waals surface area contributed by atoms with Crippen LogP contribution in [0.3, 0.4) is 0 Å². The van der Waals surface area contributed by atoms with Gasteiger partial charge in [0.25, 0.3) is 0 Å². The maximum atomic E-state index is 9.05. The Kier molecular flexibility index (Phi) is 4.82. The first-order chi connectivity index (χ1) is 10.7. The molecule has 0 saturated carbocycles. The van der Waals surface area contributed by atoms with E-state index in [1.807, 2.05) is 6.92 Å². The summed E-state index contributed by atoms with van der Waals surface area (Å²) in [5.74, 6) is 1.47. The summed E-state index contributed by atoms with van der Waals surface area (Å²) in [6.07, 6.45) is 1.16. The van der Waals surface area contributed by atoms with Crippen molar-refractivity contribution in [2.45, 2.75) is 13.3 Å². The third kappa shape index (κ3) is 3.35. The van der Waals surface area contributed by atoms with Crippen molar-refractivity contribution in [3.63, 3.8) is 0 Å². The molecule has 2 aliphatic heterocycles. The SMILES string of the molecule is Cc1nc(N2CCC(CN3CCOCC3)C2)c(Cl)cc1C#N. The lowest BCUT2D eigenvalue weighted by atomic mass is 10.1. The Hall–Kier alpha value is -1.35. The monoisotopic (exact) mass is 320 g/mol. The number of hydrogen-bond donors (Lipinski definition) is 0. The average molecular weight is 321 g/mol. The number of aryl methyl sites for hydroxylation is 1. The molecule has 6 heteroatoms. The molecule has 22 heavy (non-hydrogen) atoms. The van der Waals surface area contributed by atoms with Crippen LogP contribution in [0.4, 0.5) is 5.82 Å². The van der Waals surface area contributed by atoms with Gasteiger partial charge in [0.15, 0.2) is 0 Å². The van der Waals surface area contributed by atoms with Gasteiger partial charge in [-0.2, -0.15) is 5.26 Å². The highest BCUT2D eigenvalue weighted by Gasteiger charge is 2.27. The van der Waals surface area contributed by atoms with Crippen molar-refractivity contribution in [3.8, 4) is 6.07 Å². The lowest BCUT2D eigenvalue weighted by Gasteiger charge is -2.29. The van der Waals surface area contributed by atoms with Crippen molar-refractivity contribution < 1.29 is 4.74 Å². The van der Waals surface area contributed by atoms with E-state index in [1.165, 1.54) is 0 Å². The fourth-order valence-electron chi connectivity index (χ4n) is 3.23. The summed E-state index contributed by atoms with van der Waals surface area (Å²) in [5.41, 5.74) is 1.30. The minimum absolute atomic E-state index is 0.554. The van der Waals surface area contributed by atoms with Gasteiger partial charge in [0.1, 0.15) is 11.9 Å². The first kappa shape index (κ1) is 15.5. The molecule has 0 radical (unpaired) electrons. The molecule has 0 spiro atoms. The second-order valence-electron chi connectivity index (χ2n) is 6.05. The van der Waals surface area contributed by atoms with Gasteiger partial charge in [-0.3, -0.25) is 4.90 Å². The number of morpholine rings is 1. The molecule has 0 aliphatic carbocycles. The average Bonchev–Trinajstić information content (AvgIpc) is 2.98. The number of nitrogens with zero attached hydrogens (tertiary/aromatic N) is 4. The van der Waals surface area contributed by atoms with Gasteiger partial charge in [0.05, 0.1) is 29.5 Å². The van der Waals surface area contributed by atoms with Crippen LogP contribution in [0.5, 0.6) is 0 Å². The van der Waals surface area contributed by atoms with E-state index in [0.29, 0.717) is 16.5 Å². The second-order valence-corrected chi connectivity index (χ2v) is 6.46. The van der Waals surface area contributed by atoms with Crippen LogP contribution in [0.2, 0.25) is 5.02 Å². The lowest BCUT2D eigenvalue weighted by Crippen LogP contribution is -2.40. The molecular formula is C16H21ClN4O. The van der Waals surface area contributed by atoms with Crippen LogP contribution in [0, 0.1) is 24.2 Å². The molecule has 2 fully saturated rings. The molecule has 5 nitrogen and oxygen atoms in total. The molecule has 0 amide bonds. The Morgan fingerprint density at radius 1 is 1.41 bits per heavy atom. The second kappa shape index (κ2) is 6.82. The van der Waals surface area contributed by atoms with Crippen LogP contribution in [0.25, 0.3) is 0 Å². The van der Waals surface area contributed by atoms with Crippen LogP contribution < -0.4 is 4.90 Å². The fraction of sp³-hybridized carbons (Fsp3) is 0.625. The van der Waals surface area contributed by atoms with Gasteiger partial charge in [-0.15, -0.1) is 0 Å². The van der Waals surface area contributed by atoms with E-state index in [4.69, 9.17) is 21.6 Å². The van der Waals surface area contributed by atoms with Gasteiger partial charge in [0.2, 0.25) is 0 Å². The molecule has 0 bridgehead atoms. The molecule has 3 heterocycles. The van der Waals surface area contributed by atoms with Gasteiger partial charge in [-0.05, 0) is 25.3 Å². The third-order valence-electron chi connectivity index (χ3n) is 4.47. The quantitative estimate of drug-likeness (QED) is 0.853. The summed E-state index contributed by atoms with van der Waals surface area (Å²) in [6, 6.07) is 3.86. The van der Waals surface area contributed by atoms with Gasteiger partial charge < -0.3 is 9.64 Å². The van der Waals surface area contributed by atoms with E-state index in [2.05, 4.69) is 20.9 Å². The zero-order chi connectivity index (χ0) is 15.5. The predicted molar refractivity (Wildman–Crippen MR) is 86.3 cm³/mol. The van der Waals surface area contributed by atoms with Crippen LogP contribution in [0.1, 0.15) is 17.7 Å². The molecule has 1 atom stereocenters. The van der Waals surface area contributed by atoms with Crippen LogP contribution in [-0.2, 0) is 4.74 Å². The highest BCUT2D eigenvalue weighted by molar-refractivity contribution is 6.33. The van der Waals surface area contributed by atoms with Gasteiger partial charge in [0, 0.05) is 32.7 Å². The zero-order valence-electron chi connectivity index (χ0n) is 12.9. The third-order valence-corrected chi connectivity index (χ3v) is 4.75. The topological polar surface area (TPSA) is 52.4 Å². The normalized spacial score (nSPS) is 22.8. The molecule has 0 aromatic carbocycles. The minimum atomic E-state index is 0.554. The molecular weight excluding hydrogens is 300 g/mol. The number of ether oxygens (including phenoxy) is 1. The molecule has 2 saturated heterocycles. The van der Waals surface area contributed by atoms with Crippen molar-refractivity contribution in [1.82, 2.24) is 9.88 Å². The van der Waals surface area contributed by atoms with E-state index < -0.39 is 0 Å². The van der Waals surface area contributed by atoms with Crippen molar-refractivity contribution >= 4 is 17.4 Å². The fourth-order valence-corrected chi connectivity index (χ4v) is 3.50. The Bertz CT molecular complexity index is 580. The first-order valence-electron chi connectivity index (χ1n) is 7.79. The summed E-state index contributed by atoms with van der Waals surface area (Å²) >= 11 is 6.32. The van der Waals surface area contributed by atoms with Gasteiger partial charge in [-0.25, -0.2) is 4.98 Å². The molecule has 1 aromatic heterocycles. The predicted octanol–water partition coefficient (Wildman–Crippen LogP) is 2.07. The minimum Gasteiger partial charge on any atom is -0.379 e. The number of hydrogen-bond acceptors (Lipinski definition) is 5. The number of rotatable bonds is 3. The van der Waals surface area contributed by atoms with Crippen molar-refractivity contribution in [1.29, 1.82) is 5.26 Å². The van der Waals surface area contributed by atoms with Crippen molar-refractivity contribution in [2.75, 3.05) is 50.8 Å². The van der Waals surface area contributed by atoms with Crippen molar-refractivity contribution in [3.05, 3.63) is 22.3 Å². The van der Waals surface area contributed by atoms with Crippen LogP contribution in [-0.4, -0.2) is 55.8 Å². The molecule has 1 aromatic rings. The lowest BCUT2D eigenvalue weighted by molar-refractivity contribution is 0.0320. The zero-order valence-corrected chi connectivity index (χ0v) is 13.6. The Morgan fingerprint density at radius 2 is 2.18 bits per heavy atom. The highest BCUT2D eigenvalue weighted by atomic mass is 35.5. The molecule has 0 N–H and O–H groups in total. The summed E-state index contributed by atoms with van der Waals surface area (Å²) < 4.78 is 5.40. The summed E-state index contributed by atoms with van der Waals surface area (Å²) in [5, 5.41) is 9.62. The number of pyridine rings is 1. The van der Waals surface area contributed by atoms with E-state index in [1.54, 1.807) is 6.07 Å². The number of anilines is 1. The standard InChI is InChI=1S/C16H21ClN4O/c1-12-14(9-18)8-15(17)16(19-12)21-3-2-13(11-21)10-20-4-6-22-7-5-20/h8,13H,2-7,10-11H2,1H3. The molecule has 2 aliphatic rings. The summed E-state index contributed by atoms with van der Waals surface area (Å²) in [7, 11) is 0. The van der Waals surface area contributed by atoms with E-state index >= 15 is 0 Å². The van der Waals surface area contributed by atoms with E-state index in [-0.39, 0.29) is 0 Å². The number of halogens is 1. The van der Waals surface area contributed by atoms with E-state index in [9.17, 15) is 0 Å². The largest absolute Gasteiger partial charge is 0.379 e. The first-order valence-corrected chi connectivity index (χ1v) is 8.17. The van der Waals surface area contributed by atoms with Gasteiger partial charge in [-0.1, -0.05) is 11.6 Å².